The largest absolute Gasteiger partial charge is 0.476 e. The normalized spacial score (nSPS) is 10.4. The van der Waals surface area contributed by atoms with Gasteiger partial charge in [-0.15, -0.1) is 0 Å². The van der Waals surface area contributed by atoms with Gasteiger partial charge in [-0.25, -0.2) is 4.79 Å². The minimum Gasteiger partial charge on any atom is -0.476 e. The molecular formula is C18H17N3O2. The van der Waals surface area contributed by atoms with Crippen molar-refractivity contribution >= 4 is 11.7 Å². The van der Waals surface area contributed by atoms with Gasteiger partial charge in [0.25, 0.3) is 0 Å². The molecule has 0 amide bonds. The van der Waals surface area contributed by atoms with Crippen LogP contribution in [0.1, 0.15) is 21.6 Å². The Morgan fingerprint density at radius 1 is 1.00 bits per heavy atom. The summed E-state index contributed by atoms with van der Waals surface area (Å²) in [6.07, 6.45) is 1.74. The lowest BCUT2D eigenvalue weighted by atomic mass is 10.2. The number of aromatic carboxylic acids is 1. The average molecular weight is 307 g/mol. The summed E-state index contributed by atoms with van der Waals surface area (Å²) in [7, 11) is 0. The molecule has 0 atom stereocenters. The van der Waals surface area contributed by atoms with Gasteiger partial charge in [-0.2, -0.15) is 5.10 Å². The Bertz CT molecular complexity index is 783. The third-order valence-corrected chi connectivity index (χ3v) is 3.48. The number of nitrogens with one attached hydrogen (secondary N) is 1. The Labute approximate surface area is 134 Å². The van der Waals surface area contributed by atoms with E-state index in [2.05, 4.69) is 10.4 Å². The van der Waals surface area contributed by atoms with Gasteiger partial charge in [-0.1, -0.05) is 60.7 Å². The lowest BCUT2D eigenvalue weighted by Gasteiger charge is -2.04. The maximum absolute atomic E-state index is 11.4. The van der Waals surface area contributed by atoms with Gasteiger partial charge in [0.15, 0.2) is 5.69 Å². The molecule has 0 bridgehead atoms. The first-order chi connectivity index (χ1) is 11.2. The van der Waals surface area contributed by atoms with E-state index in [9.17, 15) is 9.90 Å². The van der Waals surface area contributed by atoms with Crippen LogP contribution in [0.25, 0.3) is 0 Å². The SMILES string of the molecule is O=C(O)c1nn(Cc2ccccc2)cc1NCc1ccccc1. The third kappa shape index (κ3) is 3.77. The number of rotatable bonds is 6. The second-order valence-corrected chi connectivity index (χ2v) is 5.22. The van der Waals surface area contributed by atoms with Crippen molar-refractivity contribution in [3.63, 3.8) is 0 Å². The molecule has 2 N–H and O–H groups in total. The fourth-order valence-electron chi connectivity index (χ4n) is 2.35. The first-order valence-corrected chi connectivity index (χ1v) is 7.35. The van der Waals surface area contributed by atoms with E-state index < -0.39 is 5.97 Å². The molecule has 0 fully saturated rings. The van der Waals surface area contributed by atoms with Gasteiger partial charge in [0.1, 0.15) is 0 Å². The highest BCUT2D eigenvalue weighted by Gasteiger charge is 2.15. The van der Waals surface area contributed by atoms with E-state index in [0.717, 1.165) is 11.1 Å². The van der Waals surface area contributed by atoms with Gasteiger partial charge in [0.05, 0.1) is 12.2 Å². The smallest absolute Gasteiger partial charge is 0.358 e. The first-order valence-electron chi connectivity index (χ1n) is 7.35. The van der Waals surface area contributed by atoms with Crippen LogP contribution in [0.2, 0.25) is 0 Å². The van der Waals surface area contributed by atoms with Crippen LogP contribution < -0.4 is 5.32 Å². The van der Waals surface area contributed by atoms with Crippen molar-refractivity contribution in [1.82, 2.24) is 9.78 Å². The molecule has 5 heteroatoms. The highest BCUT2D eigenvalue weighted by Crippen LogP contribution is 2.16. The standard InChI is InChI=1S/C18H17N3O2/c22-18(23)17-16(19-11-14-7-3-1-4-8-14)13-21(20-17)12-15-9-5-2-6-10-15/h1-10,13,19H,11-12H2,(H,22,23). The van der Waals surface area contributed by atoms with Gasteiger partial charge in [0, 0.05) is 12.7 Å². The summed E-state index contributed by atoms with van der Waals surface area (Å²) >= 11 is 0. The maximum Gasteiger partial charge on any atom is 0.358 e. The quantitative estimate of drug-likeness (QED) is 0.733. The van der Waals surface area contributed by atoms with Crippen molar-refractivity contribution < 1.29 is 9.90 Å². The topological polar surface area (TPSA) is 67.1 Å². The van der Waals surface area contributed by atoms with E-state index in [1.54, 1.807) is 10.9 Å². The van der Waals surface area contributed by atoms with Gasteiger partial charge in [-0.05, 0) is 11.1 Å². The fraction of sp³-hybridized carbons (Fsp3) is 0.111. The van der Waals surface area contributed by atoms with Gasteiger partial charge in [-0.3, -0.25) is 4.68 Å². The summed E-state index contributed by atoms with van der Waals surface area (Å²) in [5, 5.41) is 16.7. The Morgan fingerprint density at radius 3 is 2.22 bits per heavy atom. The number of hydrogen-bond acceptors (Lipinski definition) is 3. The molecule has 116 valence electrons. The lowest BCUT2D eigenvalue weighted by molar-refractivity contribution is 0.0690. The molecular weight excluding hydrogens is 290 g/mol. The van der Waals surface area contributed by atoms with E-state index in [1.165, 1.54) is 0 Å². The molecule has 5 nitrogen and oxygen atoms in total. The fourth-order valence-corrected chi connectivity index (χ4v) is 2.35. The Hall–Kier alpha value is -3.08. The third-order valence-electron chi connectivity index (χ3n) is 3.48. The van der Waals surface area contributed by atoms with E-state index in [0.29, 0.717) is 18.8 Å². The molecule has 0 radical (unpaired) electrons. The van der Waals surface area contributed by atoms with Crippen LogP contribution in [0.5, 0.6) is 0 Å². The van der Waals surface area contributed by atoms with E-state index in [4.69, 9.17) is 0 Å². The summed E-state index contributed by atoms with van der Waals surface area (Å²) in [6.45, 7) is 1.09. The van der Waals surface area contributed by atoms with E-state index in [1.807, 2.05) is 60.7 Å². The van der Waals surface area contributed by atoms with Crippen molar-refractivity contribution in [3.8, 4) is 0 Å². The van der Waals surface area contributed by atoms with Crippen molar-refractivity contribution in [2.75, 3.05) is 5.32 Å². The van der Waals surface area contributed by atoms with Crippen molar-refractivity contribution in [2.24, 2.45) is 0 Å². The minimum absolute atomic E-state index is 0.0388. The van der Waals surface area contributed by atoms with Crippen LogP contribution in [0.15, 0.2) is 66.9 Å². The van der Waals surface area contributed by atoms with Crippen LogP contribution in [-0.2, 0) is 13.1 Å². The molecule has 1 heterocycles. The average Bonchev–Trinajstić information content (AvgIpc) is 2.98. The highest BCUT2D eigenvalue weighted by molar-refractivity contribution is 5.91. The summed E-state index contributed by atoms with van der Waals surface area (Å²) < 4.78 is 1.64. The van der Waals surface area contributed by atoms with Crippen LogP contribution in [0.4, 0.5) is 5.69 Å². The molecule has 0 aliphatic carbocycles. The molecule has 0 aliphatic heterocycles. The molecule has 0 aliphatic rings. The zero-order valence-corrected chi connectivity index (χ0v) is 12.5. The van der Waals surface area contributed by atoms with Crippen molar-refractivity contribution in [3.05, 3.63) is 83.7 Å². The number of carbonyl (C=O) groups is 1. The number of carboxylic acids is 1. The van der Waals surface area contributed by atoms with E-state index in [-0.39, 0.29) is 5.69 Å². The Balaban J connectivity index is 1.77. The molecule has 0 saturated heterocycles. The van der Waals surface area contributed by atoms with Crippen molar-refractivity contribution in [2.45, 2.75) is 13.1 Å². The molecule has 0 unspecified atom stereocenters. The molecule has 23 heavy (non-hydrogen) atoms. The number of nitrogens with zero attached hydrogens (tertiary/aromatic N) is 2. The van der Waals surface area contributed by atoms with Gasteiger partial charge >= 0.3 is 5.97 Å². The van der Waals surface area contributed by atoms with Crippen LogP contribution in [0.3, 0.4) is 0 Å². The summed E-state index contributed by atoms with van der Waals surface area (Å²) in [5.74, 6) is -1.03. The second kappa shape index (κ2) is 6.79. The lowest BCUT2D eigenvalue weighted by Crippen LogP contribution is -2.06. The van der Waals surface area contributed by atoms with Crippen LogP contribution in [-0.4, -0.2) is 20.9 Å². The number of aromatic nitrogens is 2. The number of benzene rings is 2. The number of hydrogen-bond donors (Lipinski definition) is 2. The monoisotopic (exact) mass is 307 g/mol. The molecule has 2 aromatic carbocycles. The molecule has 3 aromatic rings. The molecule has 0 saturated carbocycles. The maximum atomic E-state index is 11.4. The number of carboxylic acid groups (broad SMARTS) is 1. The van der Waals surface area contributed by atoms with Crippen LogP contribution in [0, 0.1) is 0 Å². The molecule has 1 aromatic heterocycles. The number of anilines is 1. The zero-order valence-electron chi connectivity index (χ0n) is 12.5. The van der Waals surface area contributed by atoms with E-state index >= 15 is 0 Å². The minimum atomic E-state index is -1.03. The predicted octanol–water partition coefficient (Wildman–Crippen LogP) is 3.24. The summed E-state index contributed by atoms with van der Waals surface area (Å²) in [6, 6.07) is 19.6. The van der Waals surface area contributed by atoms with Crippen LogP contribution >= 0.6 is 0 Å². The predicted molar refractivity (Wildman–Crippen MR) is 88.5 cm³/mol. The Kier molecular flexibility index (Phi) is 4.38. The van der Waals surface area contributed by atoms with Crippen molar-refractivity contribution in [1.29, 1.82) is 0 Å². The highest BCUT2D eigenvalue weighted by atomic mass is 16.4. The summed E-state index contributed by atoms with van der Waals surface area (Å²) in [5.41, 5.74) is 2.72. The molecule has 3 rings (SSSR count). The molecule has 0 spiro atoms. The second-order valence-electron chi connectivity index (χ2n) is 5.22. The van der Waals surface area contributed by atoms with Gasteiger partial charge < -0.3 is 10.4 Å². The Morgan fingerprint density at radius 2 is 1.61 bits per heavy atom. The summed E-state index contributed by atoms with van der Waals surface area (Å²) in [4.78, 5) is 11.4. The van der Waals surface area contributed by atoms with Gasteiger partial charge in [0.2, 0.25) is 0 Å². The zero-order chi connectivity index (χ0) is 16.1. The first kappa shape index (κ1) is 14.8.